The maximum Gasteiger partial charge on any atom is 0.276 e. The van der Waals surface area contributed by atoms with Crippen LogP contribution in [0.1, 0.15) is 23.0 Å². The average Bonchev–Trinajstić information content (AvgIpc) is 2.47. The number of rotatable bonds is 5. The zero-order valence-corrected chi connectivity index (χ0v) is 11.1. The number of hydrogen-bond donors (Lipinski definition) is 3. The van der Waals surface area contributed by atoms with Gasteiger partial charge in [-0.3, -0.25) is 9.59 Å². The minimum absolute atomic E-state index is 0.169. The van der Waals surface area contributed by atoms with Crippen molar-refractivity contribution in [3.05, 3.63) is 58.0 Å². The lowest BCUT2D eigenvalue weighted by molar-refractivity contribution is 0.102. The molecule has 0 fully saturated rings. The number of nitrogens with zero attached hydrogens (tertiary/aromatic N) is 1. The third-order valence-electron chi connectivity index (χ3n) is 2.74. The highest BCUT2D eigenvalue weighted by molar-refractivity contribution is 6.03. The highest BCUT2D eigenvalue weighted by atomic mass is 16.2. The zero-order valence-electron chi connectivity index (χ0n) is 11.1. The Kier molecular flexibility index (Phi) is 4.62. The van der Waals surface area contributed by atoms with Gasteiger partial charge in [-0.05, 0) is 24.2 Å². The molecule has 6 heteroatoms. The van der Waals surface area contributed by atoms with Crippen LogP contribution in [-0.4, -0.2) is 22.6 Å². The van der Waals surface area contributed by atoms with Crippen LogP contribution in [0.4, 0.5) is 5.69 Å². The van der Waals surface area contributed by atoms with E-state index < -0.39 is 0 Å². The van der Waals surface area contributed by atoms with Gasteiger partial charge in [0.15, 0.2) is 0 Å². The molecule has 0 aliphatic carbocycles. The van der Waals surface area contributed by atoms with E-state index in [1.807, 2.05) is 31.2 Å². The number of anilines is 1. The van der Waals surface area contributed by atoms with E-state index in [2.05, 4.69) is 20.8 Å². The minimum Gasteiger partial charge on any atom is -0.320 e. The Balaban J connectivity index is 2.15. The van der Waals surface area contributed by atoms with Crippen LogP contribution in [0.15, 0.2) is 41.2 Å². The molecule has 0 aliphatic rings. The molecule has 2 rings (SSSR count). The van der Waals surface area contributed by atoms with Crippen molar-refractivity contribution < 1.29 is 4.79 Å². The molecule has 0 aliphatic heterocycles. The predicted octanol–water partition coefficient (Wildman–Crippen LogP) is 1.13. The number of benzene rings is 1. The van der Waals surface area contributed by atoms with Crippen LogP contribution in [0.25, 0.3) is 0 Å². The molecular formula is C14H16N4O2. The molecular weight excluding hydrogens is 256 g/mol. The summed E-state index contributed by atoms with van der Waals surface area (Å²) in [6.45, 7) is 3.54. The molecule has 0 unspecified atom stereocenters. The van der Waals surface area contributed by atoms with Crippen LogP contribution in [0.5, 0.6) is 0 Å². The van der Waals surface area contributed by atoms with E-state index in [-0.39, 0.29) is 17.2 Å². The van der Waals surface area contributed by atoms with Crippen LogP contribution >= 0.6 is 0 Å². The van der Waals surface area contributed by atoms with Gasteiger partial charge in [0.2, 0.25) is 0 Å². The molecule has 3 N–H and O–H groups in total. The molecule has 2 aromatic rings. The van der Waals surface area contributed by atoms with Crippen LogP contribution in [0.2, 0.25) is 0 Å². The number of carbonyl (C=O) groups excluding carboxylic acids is 1. The van der Waals surface area contributed by atoms with Gasteiger partial charge in [-0.15, -0.1) is 0 Å². The summed E-state index contributed by atoms with van der Waals surface area (Å²) in [6, 6.07) is 10.2. The summed E-state index contributed by atoms with van der Waals surface area (Å²) < 4.78 is 0. The summed E-state index contributed by atoms with van der Waals surface area (Å²) in [4.78, 5) is 23.0. The molecule has 0 saturated heterocycles. The van der Waals surface area contributed by atoms with Crippen molar-refractivity contribution in [1.82, 2.24) is 15.5 Å². The molecule has 1 aromatic carbocycles. The molecule has 104 valence electrons. The zero-order chi connectivity index (χ0) is 14.4. The summed E-state index contributed by atoms with van der Waals surface area (Å²) in [7, 11) is 0. The van der Waals surface area contributed by atoms with Crippen LogP contribution in [0, 0.1) is 0 Å². The van der Waals surface area contributed by atoms with Crippen molar-refractivity contribution in [2.45, 2.75) is 13.5 Å². The lowest BCUT2D eigenvalue weighted by Crippen LogP contribution is -2.19. The molecule has 0 spiro atoms. The van der Waals surface area contributed by atoms with Crippen molar-refractivity contribution in [3.63, 3.8) is 0 Å². The van der Waals surface area contributed by atoms with E-state index in [1.54, 1.807) is 0 Å². The third kappa shape index (κ3) is 3.52. The summed E-state index contributed by atoms with van der Waals surface area (Å²) in [5.74, 6) is -0.356. The van der Waals surface area contributed by atoms with Crippen molar-refractivity contribution in [2.24, 2.45) is 0 Å². The maximum absolute atomic E-state index is 12.0. The van der Waals surface area contributed by atoms with Gasteiger partial charge in [-0.2, -0.15) is 5.10 Å². The number of para-hydroxylation sites is 1. The fourth-order valence-electron chi connectivity index (χ4n) is 1.71. The first-order chi connectivity index (χ1) is 9.70. The first kappa shape index (κ1) is 14.0. The van der Waals surface area contributed by atoms with E-state index in [9.17, 15) is 9.59 Å². The number of nitrogens with one attached hydrogen (secondary N) is 3. The second kappa shape index (κ2) is 6.63. The Bertz CT molecular complexity index is 631. The number of aromatic nitrogens is 2. The van der Waals surface area contributed by atoms with Crippen molar-refractivity contribution >= 4 is 11.6 Å². The first-order valence-corrected chi connectivity index (χ1v) is 6.36. The van der Waals surface area contributed by atoms with Crippen LogP contribution in [-0.2, 0) is 6.54 Å². The Morgan fingerprint density at radius 1 is 1.25 bits per heavy atom. The lowest BCUT2D eigenvalue weighted by Gasteiger charge is -2.10. The van der Waals surface area contributed by atoms with E-state index >= 15 is 0 Å². The van der Waals surface area contributed by atoms with Gasteiger partial charge in [0.25, 0.3) is 11.5 Å². The van der Waals surface area contributed by atoms with Gasteiger partial charge in [0.1, 0.15) is 5.69 Å². The quantitative estimate of drug-likeness (QED) is 0.761. The molecule has 1 heterocycles. The smallest absolute Gasteiger partial charge is 0.276 e. The van der Waals surface area contributed by atoms with Gasteiger partial charge in [-0.1, -0.05) is 25.1 Å². The van der Waals surface area contributed by atoms with E-state index in [1.165, 1.54) is 12.1 Å². The van der Waals surface area contributed by atoms with E-state index in [0.29, 0.717) is 6.54 Å². The van der Waals surface area contributed by atoms with Gasteiger partial charge >= 0.3 is 0 Å². The molecule has 6 nitrogen and oxygen atoms in total. The number of H-pyrrole nitrogens is 1. The van der Waals surface area contributed by atoms with Crippen LogP contribution in [0.3, 0.4) is 0 Å². The third-order valence-corrected chi connectivity index (χ3v) is 2.74. The molecule has 0 bridgehead atoms. The number of aromatic amines is 1. The van der Waals surface area contributed by atoms with Crippen molar-refractivity contribution in [2.75, 3.05) is 11.9 Å². The molecule has 1 aromatic heterocycles. The summed E-state index contributed by atoms with van der Waals surface area (Å²) in [6.07, 6.45) is 0. The lowest BCUT2D eigenvalue weighted by atomic mass is 10.1. The van der Waals surface area contributed by atoms with Crippen molar-refractivity contribution in [3.8, 4) is 0 Å². The molecule has 1 amide bonds. The predicted molar refractivity (Wildman–Crippen MR) is 76.6 cm³/mol. The number of hydrogen-bond acceptors (Lipinski definition) is 4. The average molecular weight is 272 g/mol. The Morgan fingerprint density at radius 3 is 2.75 bits per heavy atom. The second-order valence-corrected chi connectivity index (χ2v) is 4.20. The Labute approximate surface area is 116 Å². The van der Waals surface area contributed by atoms with Crippen LogP contribution < -0.4 is 16.2 Å². The normalized spacial score (nSPS) is 10.2. The largest absolute Gasteiger partial charge is 0.320 e. The highest BCUT2D eigenvalue weighted by Gasteiger charge is 2.10. The Hall–Kier alpha value is -2.47. The minimum atomic E-state index is -0.356. The molecule has 20 heavy (non-hydrogen) atoms. The standard InChI is InChI=1S/C14H16N4O2/c1-2-15-9-10-5-3-4-6-11(10)16-14(20)12-7-8-13(19)18-17-12/h3-8,15H,2,9H2,1H3,(H,16,20)(H,18,19). The monoisotopic (exact) mass is 272 g/mol. The maximum atomic E-state index is 12.0. The fraction of sp³-hybridized carbons (Fsp3) is 0.214. The second-order valence-electron chi connectivity index (χ2n) is 4.20. The summed E-state index contributed by atoms with van der Waals surface area (Å²) in [5, 5.41) is 11.9. The van der Waals surface area contributed by atoms with Gasteiger partial charge in [0, 0.05) is 18.3 Å². The van der Waals surface area contributed by atoms with Crippen molar-refractivity contribution in [1.29, 1.82) is 0 Å². The van der Waals surface area contributed by atoms with Gasteiger partial charge in [-0.25, -0.2) is 5.10 Å². The summed E-state index contributed by atoms with van der Waals surface area (Å²) in [5.41, 5.74) is 1.55. The van der Waals surface area contributed by atoms with E-state index in [0.717, 1.165) is 17.8 Å². The van der Waals surface area contributed by atoms with E-state index in [4.69, 9.17) is 0 Å². The topological polar surface area (TPSA) is 86.9 Å². The molecule has 0 saturated carbocycles. The molecule has 0 atom stereocenters. The SMILES string of the molecule is CCNCc1ccccc1NC(=O)c1ccc(=O)[nH]n1. The first-order valence-electron chi connectivity index (χ1n) is 6.36. The van der Waals surface area contributed by atoms with Gasteiger partial charge in [0.05, 0.1) is 0 Å². The Morgan fingerprint density at radius 2 is 2.05 bits per heavy atom. The fourth-order valence-corrected chi connectivity index (χ4v) is 1.71. The summed E-state index contributed by atoms with van der Waals surface area (Å²) >= 11 is 0. The number of carbonyl (C=O) groups is 1. The molecule has 0 radical (unpaired) electrons. The van der Waals surface area contributed by atoms with Gasteiger partial charge < -0.3 is 10.6 Å². The highest BCUT2D eigenvalue weighted by Crippen LogP contribution is 2.15. The number of amides is 1.